The van der Waals surface area contributed by atoms with Crippen LogP contribution in [0, 0.1) is 0 Å². The number of ether oxygens (including phenoxy) is 1. The molecule has 2 rings (SSSR count). The fourth-order valence-electron chi connectivity index (χ4n) is 1.79. The number of benzene rings is 1. The van der Waals surface area contributed by atoms with Gasteiger partial charge >= 0.3 is 5.97 Å². The van der Waals surface area contributed by atoms with Gasteiger partial charge < -0.3 is 4.74 Å². The van der Waals surface area contributed by atoms with Crippen LogP contribution in [0.25, 0.3) is 0 Å². The second-order valence-electron chi connectivity index (χ2n) is 4.54. The van der Waals surface area contributed by atoms with E-state index in [2.05, 4.69) is 5.10 Å². The van der Waals surface area contributed by atoms with Crippen molar-refractivity contribution in [1.29, 1.82) is 0 Å². The Morgan fingerprint density at radius 3 is 2.64 bits per heavy atom. The second kappa shape index (κ2) is 7.96. The highest BCUT2D eigenvalue weighted by Gasteiger charge is 2.08. The summed E-state index contributed by atoms with van der Waals surface area (Å²) in [7, 11) is 0. The van der Waals surface area contributed by atoms with Crippen molar-refractivity contribution < 1.29 is 9.53 Å². The van der Waals surface area contributed by atoms with Crippen LogP contribution in [0.1, 0.15) is 23.2 Å². The maximum Gasteiger partial charge on any atom is 0.338 e. The molecule has 1 aromatic heterocycles. The number of nitrogens with zero attached hydrogens (tertiary/aromatic N) is 2. The smallest absolute Gasteiger partial charge is 0.338 e. The Bertz CT molecular complexity index is 702. The zero-order valence-corrected chi connectivity index (χ0v) is 13.2. The predicted molar refractivity (Wildman–Crippen MR) is 84.5 cm³/mol. The van der Waals surface area contributed by atoms with Crippen LogP contribution in [0.2, 0.25) is 10.0 Å². The number of carbonyl (C=O) groups is 1. The Labute approximate surface area is 137 Å². The van der Waals surface area contributed by atoms with Crippen molar-refractivity contribution in [3.05, 3.63) is 62.5 Å². The van der Waals surface area contributed by atoms with Crippen molar-refractivity contribution in [2.24, 2.45) is 0 Å². The summed E-state index contributed by atoms with van der Waals surface area (Å²) in [4.78, 5) is 23.4. The molecule has 0 atom stereocenters. The zero-order chi connectivity index (χ0) is 15.9. The molecule has 0 saturated heterocycles. The highest BCUT2D eigenvalue weighted by Crippen LogP contribution is 2.14. The van der Waals surface area contributed by atoms with Crippen molar-refractivity contribution >= 4 is 29.2 Å². The third-order valence-corrected chi connectivity index (χ3v) is 3.70. The molecule has 2 aromatic rings. The summed E-state index contributed by atoms with van der Waals surface area (Å²) in [6.07, 6.45) is 2.58. The van der Waals surface area contributed by atoms with Crippen LogP contribution < -0.4 is 5.56 Å². The molecule has 0 radical (unpaired) electrons. The number of aromatic nitrogens is 2. The van der Waals surface area contributed by atoms with Crippen LogP contribution in [0.15, 0.2) is 41.3 Å². The van der Waals surface area contributed by atoms with Gasteiger partial charge in [0.15, 0.2) is 0 Å². The topological polar surface area (TPSA) is 61.2 Å². The normalized spacial score (nSPS) is 10.5. The summed E-state index contributed by atoms with van der Waals surface area (Å²) in [6, 6.07) is 8.78. The minimum Gasteiger partial charge on any atom is -0.462 e. The first kappa shape index (κ1) is 16.5. The fraction of sp³-hybridized carbons (Fsp3) is 0.267. The van der Waals surface area contributed by atoms with Crippen molar-refractivity contribution in [2.75, 3.05) is 6.61 Å². The van der Waals surface area contributed by atoms with Gasteiger partial charge in [-0.15, -0.1) is 0 Å². The van der Waals surface area contributed by atoms with E-state index in [9.17, 15) is 9.59 Å². The van der Waals surface area contributed by atoms with Gasteiger partial charge in [-0.3, -0.25) is 4.79 Å². The third kappa shape index (κ3) is 4.32. The summed E-state index contributed by atoms with van der Waals surface area (Å²) < 4.78 is 6.39. The van der Waals surface area contributed by atoms with E-state index in [0.717, 1.165) is 0 Å². The summed E-state index contributed by atoms with van der Waals surface area (Å²) in [6.45, 7) is 0.669. The molecule has 0 saturated carbocycles. The van der Waals surface area contributed by atoms with E-state index in [0.29, 0.717) is 24.9 Å². The van der Waals surface area contributed by atoms with Gasteiger partial charge in [-0.1, -0.05) is 41.4 Å². The number of carbonyl (C=O) groups excluding carboxylic acids is 1. The highest BCUT2D eigenvalue weighted by molar-refractivity contribution is 6.41. The van der Waals surface area contributed by atoms with Crippen molar-refractivity contribution in [3.8, 4) is 0 Å². The molecule has 0 bridgehead atoms. The monoisotopic (exact) mass is 340 g/mol. The number of unbranched alkanes of at least 4 members (excludes halogenated alkanes) is 1. The summed E-state index contributed by atoms with van der Waals surface area (Å²) in [5.74, 6) is -0.356. The standard InChI is InChI=1S/C15H14Cl2N2O3/c16-12-10-18-19(14(20)13(12)17)8-4-5-9-22-15(21)11-6-2-1-3-7-11/h1-3,6-7,10H,4-5,8-9H2. The molecular weight excluding hydrogens is 327 g/mol. The van der Waals surface area contributed by atoms with Gasteiger partial charge in [0.25, 0.3) is 5.56 Å². The van der Waals surface area contributed by atoms with Gasteiger partial charge in [-0.05, 0) is 25.0 Å². The molecule has 0 unspecified atom stereocenters. The number of esters is 1. The zero-order valence-electron chi connectivity index (χ0n) is 11.7. The second-order valence-corrected chi connectivity index (χ2v) is 5.33. The molecule has 7 heteroatoms. The molecule has 0 fully saturated rings. The molecule has 5 nitrogen and oxygen atoms in total. The molecule has 0 aliphatic carbocycles. The molecule has 0 amide bonds. The average molecular weight is 341 g/mol. The van der Waals surface area contributed by atoms with Gasteiger partial charge in [-0.2, -0.15) is 5.10 Å². The SMILES string of the molecule is O=C(OCCCCn1ncc(Cl)c(Cl)c1=O)c1ccccc1. The Kier molecular flexibility index (Phi) is 5.98. The van der Waals surface area contributed by atoms with E-state index in [-0.39, 0.29) is 22.6 Å². The summed E-state index contributed by atoms with van der Waals surface area (Å²) >= 11 is 11.5. The first-order valence-corrected chi connectivity index (χ1v) is 7.48. The number of hydrogen-bond acceptors (Lipinski definition) is 4. The number of rotatable bonds is 6. The molecule has 22 heavy (non-hydrogen) atoms. The van der Waals surface area contributed by atoms with Crippen LogP contribution in [-0.4, -0.2) is 22.4 Å². The van der Waals surface area contributed by atoms with Crippen molar-refractivity contribution in [1.82, 2.24) is 9.78 Å². The number of halogens is 2. The molecule has 0 spiro atoms. The Hall–Kier alpha value is -1.85. The third-order valence-electron chi connectivity index (χ3n) is 2.95. The number of hydrogen-bond donors (Lipinski definition) is 0. The minimum absolute atomic E-state index is 0.0350. The fourth-order valence-corrected chi connectivity index (χ4v) is 2.06. The highest BCUT2D eigenvalue weighted by atomic mass is 35.5. The van der Waals surface area contributed by atoms with Crippen LogP contribution in [0.4, 0.5) is 0 Å². The number of aryl methyl sites for hydroxylation is 1. The van der Waals surface area contributed by atoms with Crippen LogP contribution in [0.5, 0.6) is 0 Å². The summed E-state index contributed by atoms with van der Waals surface area (Å²) in [5, 5.41) is 4.00. The van der Waals surface area contributed by atoms with Gasteiger partial charge in [-0.25, -0.2) is 9.48 Å². The first-order valence-electron chi connectivity index (χ1n) is 6.73. The maximum atomic E-state index is 11.7. The van der Waals surface area contributed by atoms with E-state index in [4.69, 9.17) is 27.9 Å². The molecule has 0 aliphatic rings. The minimum atomic E-state index is -0.421. The Balaban J connectivity index is 1.75. The Morgan fingerprint density at radius 2 is 1.91 bits per heavy atom. The maximum absolute atomic E-state index is 11.7. The van der Waals surface area contributed by atoms with Crippen molar-refractivity contribution in [3.63, 3.8) is 0 Å². The largest absolute Gasteiger partial charge is 0.462 e. The first-order chi connectivity index (χ1) is 10.6. The molecule has 0 N–H and O–H groups in total. The van der Waals surface area contributed by atoms with Crippen LogP contribution >= 0.6 is 23.2 Å². The van der Waals surface area contributed by atoms with E-state index < -0.39 is 5.56 Å². The quantitative estimate of drug-likeness (QED) is 0.598. The van der Waals surface area contributed by atoms with Gasteiger partial charge in [0, 0.05) is 6.54 Å². The molecular formula is C15H14Cl2N2O3. The summed E-state index contributed by atoms with van der Waals surface area (Å²) in [5.41, 5.74) is 0.0975. The van der Waals surface area contributed by atoms with E-state index in [1.807, 2.05) is 6.07 Å². The van der Waals surface area contributed by atoms with E-state index in [1.165, 1.54) is 10.9 Å². The van der Waals surface area contributed by atoms with E-state index in [1.54, 1.807) is 24.3 Å². The lowest BCUT2D eigenvalue weighted by Gasteiger charge is -2.06. The average Bonchev–Trinajstić information content (AvgIpc) is 2.55. The van der Waals surface area contributed by atoms with Gasteiger partial charge in [0.1, 0.15) is 5.02 Å². The lowest BCUT2D eigenvalue weighted by molar-refractivity contribution is 0.0497. The van der Waals surface area contributed by atoms with Crippen LogP contribution in [-0.2, 0) is 11.3 Å². The van der Waals surface area contributed by atoms with Gasteiger partial charge in [0.2, 0.25) is 0 Å². The predicted octanol–water partition coefficient (Wildman–Crippen LogP) is 3.19. The Morgan fingerprint density at radius 1 is 1.18 bits per heavy atom. The van der Waals surface area contributed by atoms with Gasteiger partial charge in [0.05, 0.1) is 23.4 Å². The lowest BCUT2D eigenvalue weighted by Crippen LogP contribution is -2.23. The van der Waals surface area contributed by atoms with Crippen molar-refractivity contribution in [2.45, 2.75) is 19.4 Å². The van der Waals surface area contributed by atoms with E-state index >= 15 is 0 Å². The molecule has 1 heterocycles. The van der Waals surface area contributed by atoms with Crippen LogP contribution in [0.3, 0.4) is 0 Å². The molecule has 0 aliphatic heterocycles. The molecule has 116 valence electrons. The molecule has 1 aromatic carbocycles. The lowest BCUT2D eigenvalue weighted by atomic mass is 10.2.